The molecule has 0 fully saturated rings. The van der Waals surface area contributed by atoms with Gasteiger partial charge in [-0.25, -0.2) is 0 Å². The predicted octanol–water partition coefficient (Wildman–Crippen LogP) is 2.32. The molecule has 0 saturated carbocycles. The van der Waals surface area contributed by atoms with E-state index in [1.165, 1.54) is 9.67 Å². The van der Waals surface area contributed by atoms with Crippen LogP contribution in [0.15, 0.2) is 15.9 Å². The first-order valence-corrected chi connectivity index (χ1v) is 7.56. The van der Waals surface area contributed by atoms with Gasteiger partial charge in [-0.2, -0.15) is 4.80 Å². The number of hydrogen-bond donors (Lipinski definition) is 1. The van der Waals surface area contributed by atoms with Gasteiger partial charge in [0.15, 0.2) is 5.82 Å². The maximum Gasteiger partial charge on any atom is 0.176 e. The lowest BCUT2D eigenvalue weighted by atomic mass is 10.1. The fourth-order valence-electron chi connectivity index (χ4n) is 1.69. The van der Waals surface area contributed by atoms with E-state index in [4.69, 9.17) is 0 Å². The number of aromatic nitrogens is 4. The third kappa shape index (κ3) is 3.60. The van der Waals surface area contributed by atoms with E-state index in [1.807, 2.05) is 0 Å². The van der Waals surface area contributed by atoms with Gasteiger partial charge in [-0.1, -0.05) is 6.92 Å². The van der Waals surface area contributed by atoms with Gasteiger partial charge in [0.05, 0.1) is 7.05 Å². The first-order chi connectivity index (χ1) is 8.69. The molecule has 2 rings (SSSR count). The molecular formula is C11H16BrN5S. The van der Waals surface area contributed by atoms with Crippen molar-refractivity contribution in [2.24, 2.45) is 7.05 Å². The van der Waals surface area contributed by atoms with Crippen molar-refractivity contribution in [2.45, 2.75) is 25.8 Å². The normalized spacial score (nSPS) is 12.8. The molecule has 98 valence electrons. The molecule has 0 aliphatic carbocycles. The van der Waals surface area contributed by atoms with Gasteiger partial charge >= 0.3 is 0 Å². The van der Waals surface area contributed by atoms with E-state index in [1.54, 1.807) is 18.4 Å². The molecular weight excluding hydrogens is 314 g/mol. The van der Waals surface area contributed by atoms with Crippen LogP contribution in [0.3, 0.4) is 0 Å². The van der Waals surface area contributed by atoms with Crippen LogP contribution in [0.4, 0.5) is 0 Å². The highest BCUT2D eigenvalue weighted by molar-refractivity contribution is 9.10. The van der Waals surface area contributed by atoms with Crippen molar-refractivity contribution in [2.75, 3.05) is 6.54 Å². The minimum atomic E-state index is 0.255. The maximum absolute atomic E-state index is 4.24. The van der Waals surface area contributed by atoms with Crippen molar-refractivity contribution in [1.82, 2.24) is 25.5 Å². The quantitative estimate of drug-likeness (QED) is 0.883. The molecule has 0 bridgehead atoms. The van der Waals surface area contributed by atoms with Crippen LogP contribution < -0.4 is 5.32 Å². The highest BCUT2D eigenvalue weighted by Gasteiger charge is 2.16. The Bertz CT molecular complexity index is 495. The van der Waals surface area contributed by atoms with Crippen LogP contribution in [0.1, 0.15) is 30.1 Å². The van der Waals surface area contributed by atoms with E-state index in [0.717, 1.165) is 29.7 Å². The molecule has 2 aromatic heterocycles. The molecule has 0 saturated heterocycles. The highest BCUT2D eigenvalue weighted by atomic mass is 79.9. The third-order valence-corrected chi connectivity index (χ3v) is 4.32. The molecule has 7 heteroatoms. The van der Waals surface area contributed by atoms with Crippen molar-refractivity contribution in [3.05, 3.63) is 26.6 Å². The Morgan fingerprint density at radius 3 is 2.94 bits per heavy atom. The van der Waals surface area contributed by atoms with Gasteiger partial charge in [-0.3, -0.25) is 0 Å². The Morgan fingerprint density at radius 1 is 1.56 bits per heavy atom. The summed E-state index contributed by atoms with van der Waals surface area (Å²) in [6, 6.07) is 2.40. The number of rotatable bonds is 6. The zero-order chi connectivity index (χ0) is 13.0. The molecule has 0 spiro atoms. The van der Waals surface area contributed by atoms with Crippen molar-refractivity contribution in [3.63, 3.8) is 0 Å². The minimum absolute atomic E-state index is 0.255. The zero-order valence-corrected chi connectivity index (χ0v) is 12.8. The third-order valence-electron chi connectivity index (χ3n) is 2.51. The van der Waals surface area contributed by atoms with E-state index < -0.39 is 0 Å². The smallest absolute Gasteiger partial charge is 0.176 e. The Balaban J connectivity index is 2.09. The van der Waals surface area contributed by atoms with Crippen molar-refractivity contribution in [3.8, 4) is 0 Å². The molecule has 0 aliphatic heterocycles. The average molecular weight is 330 g/mol. The van der Waals surface area contributed by atoms with Crippen LogP contribution in [-0.4, -0.2) is 26.8 Å². The number of nitrogens with one attached hydrogen (secondary N) is 1. The van der Waals surface area contributed by atoms with E-state index in [2.05, 4.69) is 55.0 Å². The average Bonchev–Trinajstić information content (AvgIpc) is 2.93. The Kier molecular flexibility index (Phi) is 4.85. The summed E-state index contributed by atoms with van der Waals surface area (Å²) in [5.41, 5.74) is 0. The maximum atomic E-state index is 4.24. The lowest BCUT2D eigenvalue weighted by Crippen LogP contribution is -2.23. The van der Waals surface area contributed by atoms with Crippen molar-refractivity contribution < 1.29 is 0 Å². The van der Waals surface area contributed by atoms with Crippen LogP contribution in [0.5, 0.6) is 0 Å². The van der Waals surface area contributed by atoms with Gasteiger partial charge in [-0.05, 0) is 40.2 Å². The largest absolute Gasteiger partial charge is 0.309 e. The molecule has 2 heterocycles. The van der Waals surface area contributed by atoms with E-state index in [9.17, 15) is 0 Å². The second kappa shape index (κ2) is 6.40. The van der Waals surface area contributed by atoms with Gasteiger partial charge < -0.3 is 5.32 Å². The number of tetrazole rings is 1. The van der Waals surface area contributed by atoms with Gasteiger partial charge in [0.2, 0.25) is 0 Å². The van der Waals surface area contributed by atoms with Crippen LogP contribution in [-0.2, 0) is 13.5 Å². The van der Waals surface area contributed by atoms with Crippen molar-refractivity contribution >= 4 is 27.3 Å². The number of nitrogens with zero attached hydrogens (tertiary/aromatic N) is 4. The van der Waals surface area contributed by atoms with Crippen molar-refractivity contribution in [1.29, 1.82) is 0 Å². The van der Waals surface area contributed by atoms with E-state index >= 15 is 0 Å². The fraction of sp³-hybridized carbons (Fsp3) is 0.545. The second-order valence-electron chi connectivity index (χ2n) is 4.07. The molecule has 1 N–H and O–H groups in total. The van der Waals surface area contributed by atoms with E-state index in [0.29, 0.717) is 0 Å². The summed E-state index contributed by atoms with van der Waals surface area (Å²) in [4.78, 5) is 2.79. The number of thiophene rings is 1. The molecule has 0 aliphatic rings. The molecule has 0 radical (unpaired) electrons. The Hall–Kier alpha value is -0.790. The fourth-order valence-corrected chi connectivity index (χ4v) is 3.21. The summed E-state index contributed by atoms with van der Waals surface area (Å²) in [6.07, 6.45) is 1.87. The number of hydrogen-bond acceptors (Lipinski definition) is 5. The lowest BCUT2D eigenvalue weighted by Gasteiger charge is -2.14. The summed E-state index contributed by atoms with van der Waals surface area (Å²) in [5.74, 6) is 0.774. The standard InChI is InChI=1S/C11H16BrN5S/c1-3-4-13-9(10-5-8(12)7-18-10)6-11-14-16-17(2)15-11/h5,7,9,13H,3-4,6H2,1-2H3. The van der Waals surface area contributed by atoms with Gasteiger partial charge in [-0.15, -0.1) is 21.5 Å². The van der Waals surface area contributed by atoms with Crippen LogP contribution in [0.2, 0.25) is 0 Å². The van der Waals surface area contributed by atoms with Crippen LogP contribution in [0.25, 0.3) is 0 Å². The van der Waals surface area contributed by atoms with E-state index in [-0.39, 0.29) is 6.04 Å². The first-order valence-electron chi connectivity index (χ1n) is 5.89. The van der Waals surface area contributed by atoms with Crippen LogP contribution in [0, 0.1) is 0 Å². The number of aryl methyl sites for hydroxylation is 1. The first kappa shape index (κ1) is 13.6. The zero-order valence-electron chi connectivity index (χ0n) is 10.4. The molecule has 1 unspecified atom stereocenters. The van der Waals surface area contributed by atoms with Gasteiger partial charge in [0, 0.05) is 27.2 Å². The summed E-state index contributed by atoms with van der Waals surface area (Å²) >= 11 is 5.24. The Morgan fingerprint density at radius 2 is 2.39 bits per heavy atom. The van der Waals surface area contributed by atoms with Gasteiger partial charge in [0.25, 0.3) is 0 Å². The number of halogens is 1. The SMILES string of the molecule is CCCNC(Cc1nnn(C)n1)c1cc(Br)cs1. The lowest BCUT2D eigenvalue weighted by molar-refractivity contribution is 0.523. The molecule has 0 aromatic carbocycles. The highest BCUT2D eigenvalue weighted by Crippen LogP contribution is 2.27. The molecule has 1 atom stereocenters. The minimum Gasteiger partial charge on any atom is -0.309 e. The molecule has 2 aromatic rings. The molecule has 18 heavy (non-hydrogen) atoms. The summed E-state index contributed by atoms with van der Waals surface area (Å²) in [6.45, 7) is 3.15. The topological polar surface area (TPSA) is 55.6 Å². The van der Waals surface area contributed by atoms with Crippen LogP contribution >= 0.6 is 27.3 Å². The monoisotopic (exact) mass is 329 g/mol. The molecule has 0 amide bonds. The second-order valence-corrected chi connectivity index (χ2v) is 5.93. The van der Waals surface area contributed by atoms with Gasteiger partial charge in [0.1, 0.15) is 0 Å². The predicted molar refractivity (Wildman–Crippen MR) is 75.6 cm³/mol. The Labute approximate surface area is 119 Å². The summed E-state index contributed by atoms with van der Waals surface area (Å²) in [7, 11) is 1.78. The molecule has 5 nitrogen and oxygen atoms in total. The summed E-state index contributed by atoms with van der Waals surface area (Å²) in [5, 5.41) is 17.8. The summed E-state index contributed by atoms with van der Waals surface area (Å²) < 4.78 is 1.12.